The molecule has 0 unspecified atom stereocenters. The summed E-state index contributed by atoms with van der Waals surface area (Å²) >= 11 is 12.0. The molecule has 0 fully saturated rings. The fourth-order valence-electron chi connectivity index (χ4n) is 1.96. The van der Waals surface area contributed by atoms with Gasteiger partial charge in [0.05, 0.1) is 6.20 Å². The second kappa shape index (κ2) is 6.81. The number of hydrogen-bond acceptors (Lipinski definition) is 5. The molecule has 0 aliphatic heterocycles. The molecule has 3 rings (SSSR count). The summed E-state index contributed by atoms with van der Waals surface area (Å²) in [6.45, 7) is 2.03. The summed E-state index contributed by atoms with van der Waals surface area (Å²) in [4.78, 5) is 4.36. The van der Waals surface area contributed by atoms with E-state index in [-0.39, 0.29) is 0 Å². The second-order valence-electron chi connectivity index (χ2n) is 4.94. The smallest absolute Gasteiger partial charge is 0.249 e. The third kappa shape index (κ3) is 4.31. The molecule has 0 saturated carbocycles. The number of benzene rings is 2. The molecule has 5 nitrogen and oxygen atoms in total. The van der Waals surface area contributed by atoms with Crippen LogP contribution in [0.1, 0.15) is 5.56 Å². The van der Waals surface area contributed by atoms with E-state index >= 15 is 0 Å². The van der Waals surface area contributed by atoms with Gasteiger partial charge in [-0.3, -0.25) is 0 Å². The number of nitrogens with zero attached hydrogens (tertiary/aromatic N) is 3. The van der Waals surface area contributed by atoms with Gasteiger partial charge in [-0.05, 0) is 37.3 Å². The van der Waals surface area contributed by atoms with Crippen molar-refractivity contribution in [1.82, 2.24) is 15.2 Å². The molecule has 1 heterocycles. The van der Waals surface area contributed by atoms with E-state index < -0.39 is 0 Å². The van der Waals surface area contributed by atoms with Crippen LogP contribution in [0.5, 0.6) is 0 Å². The van der Waals surface area contributed by atoms with Crippen LogP contribution in [0.15, 0.2) is 48.7 Å². The Morgan fingerprint density at radius 1 is 0.870 bits per heavy atom. The molecular formula is C16H13Cl2N5. The molecule has 23 heavy (non-hydrogen) atoms. The Kier molecular flexibility index (Phi) is 4.60. The SMILES string of the molecule is Cc1ccc(Nc2nncc(Nc3cc(Cl)cc(Cl)c3)n2)cc1. The third-order valence-corrected chi connectivity index (χ3v) is 3.44. The Morgan fingerprint density at radius 3 is 2.26 bits per heavy atom. The van der Waals surface area contributed by atoms with Gasteiger partial charge in [0, 0.05) is 21.4 Å². The number of nitrogens with one attached hydrogen (secondary N) is 2. The number of rotatable bonds is 4. The van der Waals surface area contributed by atoms with E-state index in [4.69, 9.17) is 23.2 Å². The molecule has 0 aliphatic rings. The van der Waals surface area contributed by atoms with E-state index in [1.54, 1.807) is 18.2 Å². The predicted molar refractivity (Wildman–Crippen MR) is 94.0 cm³/mol. The summed E-state index contributed by atoms with van der Waals surface area (Å²) in [6, 6.07) is 13.1. The van der Waals surface area contributed by atoms with Crippen molar-refractivity contribution in [1.29, 1.82) is 0 Å². The Balaban J connectivity index is 1.78. The lowest BCUT2D eigenvalue weighted by Gasteiger charge is -2.08. The van der Waals surface area contributed by atoms with E-state index in [1.165, 1.54) is 11.8 Å². The summed E-state index contributed by atoms with van der Waals surface area (Å²) in [5.74, 6) is 0.930. The number of anilines is 4. The van der Waals surface area contributed by atoms with Crippen LogP contribution < -0.4 is 10.6 Å². The molecule has 0 saturated heterocycles. The molecule has 0 spiro atoms. The van der Waals surface area contributed by atoms with E-state index in [2.05, 4.69) is 25.8 Å². The molecule has 3 aromatic rings. The fourth-order valence-corrected chi connectivity index (χ4v) is 2.48. The van der Waals surface area contributed by atoms with Crippen molar-refractivity contribution in [3.63, 3.8) is 0 Å². The van der Waals surface area contributed by atoms with Gasteiger partial charge < -0.3 is 10.6 Å². The standard InChI is InChI=1S/C16H13Cl2N5/c1-10-2-4-13(5-3-10)21-16-22-15(9-19-23-16)20-14-7-11(17)6-12(18)8-14/h2-9H,1H3,(H2,20,21,22,23). The second-order valence-corrected chi connectivity index (χ2v) is 5.81. The van der Waals surface area contributed by atoms with Crippen LogP contribution in [0, 0.1) is 6.92 Å². The highest BCUT2D eigenvalue weighted by Gasteiger charge is 2.04. The number of hydrogen-bond donors (Lipinski definition) is 2. The minimum Gasteiger partial charge on any atom is -0.339 e. The van der Waals surface area contributed by atoms with Crippen LogP contribution in [-0.2, 0) is 0 Å². The molecular weight excluding hydrogens is 333 g/mol. The molecule has 1 aromatic heterocycles. The average Bonchev–Trinajstić information content (AvgIpc) is 2.49. The van der Waals surface area contributed by atoms with Gasteiger partial charge in [-0.1, -0.05) is 40.9 Å². The first kappa shape index (κ1) is 15.5. The fraction of sp³-hybridized carbons (Fsp3) is 0.0625. The lowest BCUT2D eigenvalue weighted by atomic mass is 10.2. The molecule has 116 valence electrons. The van der Waals surface area contributed by atoms with Crippen molar-refractivity contribution >= 4 is 46.3 Å². The van der Waals surface area contributed by atoms with Gasteiger partial charge in [-0.15, -0.1) is 5.10 Å². The zero-order valence-electron chi connectivity index (χ0n) is 12.2. The summed E-state index contributed by atoms with van der Waals surface area (Å²) in [7, 11) is 0. The Labute approximate surface area is 143 Å². The van der Waals surface area contributed by atoms with Crippen molar-refractivity contribution in [2.75, 3.05) is 10.6 Å². The molecule has 0 atom stereocenters. The highest BCUT2D eigenvalue weighted by molar-refractivity contribution is 6.35. The summed E-state index contributed by atoms with van der Waals surface area (Å²) < 4.78 is 0. The molecule has 2 aromatic carbocycles. The van der Waals surface area contributed by atoms with Gasteiger partial charge in [0.2, 0.25) is 5.95 Å². The monoisotopic (exact) mass is 345 g/mol. The number of aryl methyl sites for hydroxylation is 1. The Hall–Kier alpha value is -2.37. The summed E-state index contributed by atoms with van der Waals surface area (Å²) in [5.41, 5.74) is 2.80. The minimum absolute atomic E-state index is 0.395. The maximum absolute atomic E-state index is 5.98. The van der Waals surface area contributed by atoms with Gasteiger partial charge >= 0.3 is 0 Å². The first-order valence-electron chi connectivity index (χ1n) is 6.85. The van der Waals surface area contributed by atoms with Crippen LogP contribution in [0.25, 0.3) is 0 Å². The van der Waals surface area contributed by atoms with E-state index in [0.29, 0.717) is 21.8 Å². The molecule has 0 amide bonds. The van der Waals surface area contributed by atoms with Crippen LogP contribution in [-0.4, -0.2) is 15.2 Å². The van der Waals surface area contributed by atoms with Crippen molar-refractivity contribution in [3.05, 3.63) is 64.3 Å². The first-order valence-corrected chi connectivity index (χ1v) is 7.61. The topological polar surface area (TPSA) is 62.7 Å². The quantitative estimate of drug-likeness (QED) is 0.698. The normalized spacial score (nSPS) is 10.4. The molecule has 0 aliphatic carbocycles. The predicted octanol–water partition coefficient (Wildman–Crippen LogP) is 4.97. The zero-order chi connectivity index (χ0) is 16.2. The van der Waals surface area contributed by atoms with E-state index in [9.17, 15) is 0 Å². The molecule has 7 heteroatoms. The number of halogens is 2. The summed E-state index contributed by atoms with van der Waals surface area (Å²) in [5, 5.41) is 15.2. The molecule has 2 N–H and O–H groups in total. The van der Waals surface area contributed by atoms with Gasteiger partial charge in [-0.2, -0.15) is 10.1 Å². The van der Waals surface area contributed by atoms with Crippen molar-refractivity contribution in [3.8, 4) is 0 Å². The maximum Gasteiger partial charge on any atom is 0.249 e. The average molecular weight is 346 g/mol. The molecule has 0 bridgehead atoms. The summed E-state index contributed by atoms with van der Waals surface area (Å²) in [6.07, 6.45) is 1.52. The minimum atomic E-state index is 0.395. The van der Waals surface area contributed by atoms with Crippen LogP contribution in [0.3, 0.4) is 0 Å². The third-order valence-electron chi connectivity index (χ3n) is 3.00. The van der Waals surface area contributed by atoms with Crippen LogP contribution >= 0.6 is 23.2 Å². The maximum atomic E-state index is 5.98. The highest BCUT2D eigenvalue weighted by Crippen LogP contribution is 2.24. The molecule has 0 radical (unpaired) electrons. The largest absolute Gasteiger partial charge is 0.339 e. The Bertz CT molecular complexity index is 801. The van der Waals surface area contributed by atoms with Gasteiger partial charge in [0.1, 0.15) is 0 Å². The van der Waals surface area contributed by atoms with Crippen LogP contribution in [0.2, 0.25) is 10.0 Å². The highest BCUT2D eigenvalue weighted by atomic mass is 35.5. The lowest BCUT2D eigenvalue weighted by Crippen LogP contribution is -2.02. The Morgan fingerprint density at radius 2 is 1.57 bits per heavy atom. The van der Waals surface area contributed by atoms with Crippen molar-refractivity contribution in [2.24, 2.45) is 0 Å². The van der Waals surface area contributed by atoms with E-state index in [0.717, 1.165) is 11.4 Å². The van der Waals surface area contributed by atoms with Gasteiger partial charge in [-0.25, -0.2) is 0 Å². The number of aromatic nitrogens is 3. The van der Waals surface area contributed by atoms with Gasteiger partial charge in [0.15, 0.2) is 5.82 Å². The first-order chi connectivity index (χ1) is 11.1. The van der Waals surface area contributed by atoms with E-state index in [1.807, 2.05) is 31.2 Å². The van der Waals surface area contributed by atoms with Crippen molar-refractivity contribution < 1.29 is 0 Å². The lowest BCUT2D eigenvalue weighted by molar-refractivity contribution is 0.982. The van der Waals surface area contributed by atoms with Gasteiger partial charge in [0.25, 0.3) is 0 Å². The zero-order valence-corrected chi connectivity index (χ0v) is 13.7. The van der Waals surface area contributed by atoms with Crippen LogP contribution in [0.4, 0.5) is 23.1 Å². The van der Waals surface area contributed by atoms with Crippen molar-refractivity contribution in [2.45, 2.75) is 6.92 Å².